The predicted octanol–water partition coefficient (Wildman–Crippen LogP) is 5.14. The van der Waals surface area contributed by atoms with Crippen LogP contribution in [0.3, 0.4) is 0 Å². The minimum absolute atomic E-state index is 0.218. The standard InChI is InChI=1S/C25H30N4O3S/c1-2-31-22-6-3-5-20(15-22)23-7-4-8-24(28-23)29-13-10-19(11-14-29)9-12-26-25(30)32-16-21-17-33-18-27-21/h3-8,15,17-19H,2,9-14,16H2,1H3,(H,26,30). The van der Waals surface area contributed by atoms with Gasteiger partial charge in [-0.15, -0.1) is 11.3 Å². The van der Waals surface area contributed by atoms with Gasteiger partial charge in [-0.3, -0.25) is 0 Å². The Morgan fingerprint density at radius 2 is 2.06 bits per heavy atom. The van der Waals surface area contributed by atoms with Crippen LogP contribution in [0.2, 0.25) is 0 Å². The van der Waals surface area contributed by atoms with Crippen LogP contribution in [-0.4, -0.2) is 42.3 Å². The lowest BCUT2D eigenvalue weighted by molar-refractivity contribution is 0.137. The number of hydrogen-bond donors (Lipinski definition) is 1. The number of nitrogens with zero attached hydrogens (tertiary/aromatic N) is 3. The summed E-state index contributed by atoms with van der Waals surface area (Å²) in [6.07, 6.45) is 2.75. The fourth-order valence-electron chi connectivity index (χ4n) is 4.00. The molecule has 33 heavy (non-hydrogen) atoms. The van der Waals surface area contributed by atoms with Crippen LogP contribution < -0.4 is 15.0 Å². The second kappa shape index (κ2) is 11.7. The maximum Gasteiger partial charge on any atom is 0.407 e. The molecule has 3 heterocycles. The average Bonchev–Trinajstić information content (AvgIpc) is 3.38. The maximum atomic E-state index is 11.8. The van der Waals surface area contributed by atoms with Gasteiger partial charge < -0.3 is 19.7 Å². The van der Waals surface area contributed by atoms with Crippen molar-refractivity contribution in [2.24, 2.45) is 5.92 Å². The highest BCUT2D eigenvalue weighted by Crippen LogP contribution is 2.27. The quantitative estimate of drug-likeness (QED) is 0.471. The Balaban J connectivity index is 1.22. The molecule has 0 radical (unpaired) electrons. The van der Waals surface area contributed by atoms with Crippen LogP contribution in [0, 0.1) is 5.92 Å². The van der Waals surface area contributed by atoms with Gasteiger partial charge in [-0.25, -0.2) is 14.8 Å². The molecule has 1 aliphatic heterocycles. The van der Waals surface area contributed by atoms with Crippen molar-refractivity contribution >= 4 is 23.2 Å². The molecular formula is C25H30N4O3S. The zero-order chi connectivity index (χ0) is 22.9. The molecule has 4 rings (SSSR count). The van der Waals surface area contributed by atoms with Gasteiger partial charge in [0.2, 0.25) is 0 Å². The lowest BCUT2D eigenvalue weighted by Gasteiger charge is -2.33. The highest BCUT2D eigenvalue weighted by molar-refractivity contribution is 7.07. The highest BCUT2D eigenvalue weighted by Gasteiger charge is 2.20. The number of anilines is 1. The van der Waals surface area contributed by atoms with Crippen molar-refractivity contribution in [3.8, 4) is 17.0 Å². The minimum atomic E-state index is -0.380. The number of ether oxygens (including phenoxy) is 2. The smallest absolute Gasteiger partial charge is 0.407 e. The van der Waals surface area contributed by atoms with Gasteiger partial charge in [0.15, 0.2) is 0 Å². The zero-order valence-electron chi connectivity index (χ0n) is 18.9. The summed E-state index contributed by atoms with van der Waals surface area (Å²) in [7, 11) is 0. The first-order valence-electron chi connectivity index (χ1n) is 11.4. The van der Waals surface area contributed by atoms with Crippen LogP contribution in [0.15, 0.2) is 53.4 Å². The topological polar surface area (TPSA) is 76.6 Å². The first-order valence-corrected chi connectivity index (χ1v) is 12.4. The third kappa shape index (κ3) is 6.68. The summed E-state index contributed by atoms with van der Waals surface area (Å²) >= 11 is 1.49. The van der Waals surface area contributed by atoms with Crippen molar-refractivity contribution < 1.29 is 14.3 Å². The molecule has 7 nitrogen and oxygen atoms in total. The van der Waals surface area contributed by atoms with E-state index in [1.807, 2.05) is 36.6 Å². The van der Waals surface area contributed by atoms with Gasteiger partial charge in [0.25, 0.3) is 0 Å². The normalized spacial score (nSPS) is 14.2. The van der Waals surface area contributed by atoms with E-state index in [0.717, 1.165) is 60.9 Å². The summed E-state index contributed by atoms with van der Waals surface area (Å²) in [6, 6.07) is 14.3. The molecule has 1 fully saturated rings. The Hall–Kier alpha value is -3.13. The molecular weight excluding hydrogens is 436 g/mol. The molecule has 8 heteroatoms. The third-order valence-electron chi connectivity index (χ3n) is 5.77. The molecule has 0 saturated carbocycles. The Labute approximate surface area is 198 Å². The van der Waals surface area contributed by atoms with Crippen LogP contribution >= 0.6 is 11.3 Å². The fraction of sp³-hybridized carbons (Fsp3) is 0.400. The second-order valence-electron chi connectivity index (χ2n) is 8.04. The number of nitrogens with one attached hydrogen (secondary N) is 1. The van der Waals surface area contributed by atoms with Crippen LogP contribution in [0.5, 0.6) is 5.75 Å². The number of benzene rings is 1. The highest BCUT2D eigenvalue weighted by atomic mass is 32.1. The number of carbonyl (C=O) groups is 1. The van der Waals surface area contributed by atoms with Crippen molar-refractivity contribution in [1.82, 2.24) is 15.3 Å². The molecule has 1 amide bonds. The van der Waals surface area contributed by atoms with E-state index in [9.17, 15) is 4.79 Å². The minimum Gasteiger partial charge on any atom is -0.494 e. The molecule has 1 aromatic carbocycles. The lowest BCUT2D eigenvalue weighted by Crippen LogP contribution is -2.35. The van der Waals surface area contributed by atoms with Crippen LogP contribution in [0.25, 0.3) is 11.3 Å². The summed E-state index contributed by atoms with van der Waals surface area (Å²) in [4.78, 5) is 23.2. The van der Waals surface area contributed by atoms with E-state index in [2.05, 4.69) is 33.4 Å². The first kappa shape index (κ1) is 23.0. The number of carbonyl (C=O) groups excluding carboxylic acids is 1. The summed E-state index contributed by atoms with van der Waals surface area (Å²) in [6.45, 7) is 5.42. The zero-order valence-corrected chi connectivity index (χ0v) is 19.7. The number of amides is 1. The molecule has 2 aromatic heterocycles. The van der Waals surface area contributed by atoms with Crippen LogP contribution in [-0.2, 0) is 11.3 Å². The number of thiazole rings is 1. The summed E-state index contributed by atoms with van der Waals surface area (Å²) < 4.78 is 10.8. The Kier molecular flexibility index (Phi) is 8.14. The van der Waals surface area contributed by atoms with Crippen LogP contribution in [0.4, 0.5) is 10.6 Å². The average molecular weight is 467 g/mol. The van der Waals surface area contributed by atoms with E-state index >= 15 is 0 Å². The summed E-state index contributed by atoms with van der Waals surface area (Å²) in [5.41, 5.74) is 4.53. The number of hydrogen-bond acceptors (Lipinski definition) is 7. The Morgan fingerprint density at radius 3 is 2.85 bits per heavy atom. The van der Waals surface area contributed by atoms with E-state index in [0.29, 0.717) is 19.1 Å². The summed E-state index contributed by atoms with van der Waals surface area (Å²) in [5, 5.41) is 4.73. The Morgan fingerprint density at radius 1 is 1.21 bits per heavy atom. The van der Waals surface area contributed by atoms with Crippen molar-refractivity contribution in [2.75, 3.05) is 31.1 Å². The number of alkyl carbamates (subject to hydrolysis) is 1. The molecule has 0 aliphatic carbocycles. The van der Waals surface area contributed by atoms with E-state index in [4.69, 9.17) is 14.5 Å². The number of aromatic nitrogens is 2. The second-order valence-corrected chi connectivity index (χ2v) is 8.76. The molecule has 0 atom stereocenters. The van der Waals surface area contributed by atoms with E-state index < -0.39 is 0 Å². The molecule has 174 valence electrons. The number of piperidine rings is 1. The van der Waals surface area contributed by atoms with Crippen molar-refractivity contribution in [2.45, 2.75) is 32.8 Å². The fourth-order valence-corrected chi connectivity index (χ4v) is 4.54. The maximum absolute atomic E-state index is 11.8. The van der Waals surface area contributed by atoms with Crippen molar-refractivity contribution in [3.63, 3.8) is 0 Å². The molecule has 1 aliphatic rings. The first-order chi connectivity index (χ1) is 16.2. The number of pyridine rings is 1. The molecule has 1 N–H and O–H groups in total. The third-order valence-corrected chi connectivity index (χ3v) is 6.41. The van der Waals surface area contributed by atoms with Gasteiger partial charge in [0.05, 0.1) is 23.5 Å². The number of rotatable bonds is 9. The van der Waals surface area contributed by atoms with Crippen molar-refractivity contribution in [1.29, 1.82) is 0 Å². The van der Waals surface area contributed by atoms with Crippen LogP contribution in [0.1, 0.15) is 31.9 Å². The van der Waals surface area contributed by atoms with E-state index in [-0.39, 0.29) is 12.7 Å². The van der Waals surface area contributed by atoms with Gasteiger partial charge >= 0.3 is 6.09 Å². The monoisotopic (exact) mass is 466 g/mol. The van der Waals surface area contributed by atoms with E-state index in [1.54, 1.807) is 5.51 Å². The van der Waals surface area contributed by atoms with Gasteiger partial charge in [-0.1, -0.05) is 18.2 Å². The predicted molar refractivity (Wildman–Crippen MR) is 131 cm³/mol. The summed E-state index contributed by atoms with van der Waals surface area (Å²) in [5.74, 6) is 2.46. The largest absolute Gasteiger partial charge is 0.494 e. The van der Waals surface area contributed by atoms with Gasteiger partial charge in [-0.2, -0.15) is 0 Å². The van der Waals surface area contributed by atoms with E-state index in [1.165, 1.54) is 11.3 Å². The molecule has 3 aromatic rings. The van der Waals surface area contributed by atoms with Gasteiger partial charge in [-0.05, 0) is 56.4 Å². The Bertz CT molecular complexity index is 1020. The molecule has 0 unspecified atom stereocenters. The van der Waals surface area contributed by atoms with Gasteiger partial charge in [0, 0.05) is 30.6 Å². The van der Waals surface area contributed by atoms with Crippen molar-refractivity contribution in [3.05, 3.63) is 59.0 Å². The SMILES string of the molecule is CCOc1cccc(-c2cccc(N3CCC(CCNC(=O)OCc4cscn4)CC3)n2)c1. The molecule has 0 spiro atoms. The van der Waals surface area contributed by atoms with Gasteiger partial charge in [0.1, 0.15) is 18.2 Å². The lowest BCUT2D eigenvalue weighted by atomic mass is 9.93. The molecule has 1 saturated heterocycles. The molecule has 0 bridgehead atoms.